The fourth-order valence-electron chi connectivity index (χ4n) is 2.15. The summed E-state index contributed by atoms with van der Waals surface area (Å²) in [6.45, 7) is 5.03. The van der Waals surface area contributed by atoms with Crippen molar-refractivity contribution in [1.29, 1.82) is 0 Å². The average molecular weight is 414 g/mol. The SMILES string of the molecule is CC(C)NS(=O)(=O)c1ccc(NC(=O)[C@@H](C)Sc2ccc(F)cc2F)cc1. The standard InChI is InChI=1S/C18H20F2N2O3S2/c1-11(2)22-27(24,25)15-7-5-14(6-8-15)21-18(23)12(3)26-17-9-4-13(19)10-16(17)20/h4-12,22H,1-3H3,(H,21,23)/t12-/m1/s1. The number of sulfonamides is 1. The molecular formula is C18H20F2N2O3S2. The van der Waals surface area contributed by atoms with Crippen LogP contribution in [0, 0.1) is 11.6 Å². The summed E-state index contributed by atoms with van der Waals surface area (Å²) in [7, 11) is -3.61. The Kier molecular flexibility index (Phi) is 6.96. The first-order chi connectivity index (χ1) is 12.6. The van der Waals surface area contributed by atoms with Crippen LogP contribution in [-0.4, -0.2) is 25.6 Å². The third-order valence-corrected chi connectivity index (χ3v) is 6.22. The molecule has 0 heterocycles. The van der Waals surface area contributed by atoms with Gasteiger partial charge in [-0.05, 0) is 57.2 Å². The van der Waals surface area contributed by atoms with Gasteiger partial charge in [0.1, 0.15) is 11.6 Å². The molecule has 2 rings (SSSR count). The number of anilines is 1. The van der Waals surface area contributed by atoms with Crippen molar-refractivity contribution in [3.05, 3.63) is 54.1 Å². The summed E-state index contributed by atoms with van der Waals surface area (Å²) in [6.07, 6.45) is 0. The highest BCUT2D eigenvalue weighted by atomic mass is 32.2. The molecule has 0 saturated carbocycles. The van der Waals surface area contributed by atoms with Crippen LogP contribution in [0.15, 0.2) is 52.3 Å². The van der Waals surface area contributed by atoms with E-state index in [2.05, 4.69) is 10.0 Å². The van der Waals surface area contributed by atoms with E-state index in [0.717, 1.165) is 23.9 Å². The largest absolute Gasteiger partial charge is 0.325 e. The molecule has 0 aliphatic heterocycles. The van der Waals surface area contributed by atoms with Gasteiger partial charge in [0.2, 0.25) is 15.9 Å². The van der Waals surface area contributed by atoms with Crippen molar-refractivity contribution in [3.8, 4) is 0 Å². The van der Waals surface area contributed by atoms with Gasteiger partial charge in [-0.25, -0.2) is 21.9 Å². The predicted octanol–water partition coefficient (Wildman–Crippen LogP) is 3.77. The lowest BCUT2D eigenvalue weighted by Gasteiger charge is -2.13. The van der Waals surface area contributed by atoms with Crippen LogP contribution >= 0.6 is 11.8 Å². The number of nitrogens with one attached hydrogen (secondary N) is 2. The summed E-state index contributed by atoms with van der Waals surface area (Å²) >= 11 is 0.961. The summed E-state index contributed by atoms with van der Waals surface area (Å²) in [5.41, 5.74) is 0.413. The molecule has 0 spiro atoms. The van der Waals surface area contributed by atoms with E-state index in [1.807, 2.05) is 0 Å². The van der Waals surface area contributed by atoms with Gasteiger partial charge in [0, 0.05) is 22.7 Å². The molecule has 0 bridgehead atoms. The molecule has 0 aliphatic carbocycles. The molecule has 0 fully saturated rings. The molecule has 0 aliphatic rings. The van der Waals surface area contributed by atoms with E-state index >= 15 is 0 Å². The zero-order chi connectivity index (χ0) is 20.2. The monoisotopic (exact) mass is 414 g/mol. The average Bonchev–Trinajstić information content (AvgIpc) is 2.56. The van der Waals surface area contributed by atoms with Gasteiger partial charge < -0.3 is 5.32 Å². The normalized spacial score (nSPS) is 12.8. The number of benzene rings is 2. The van der Waals surface area contributed by atoms with E-state index in [0.29, 0.717) is 5.69 Å². The van der Waals surface area contributed by atoms with Crippen molar-refractivity contribution >= 4 is 33.4 Å². The third-order valence-electron chi connectivity index (χ3n) is 3.39. The molecule has 2 aromatic rings. The van der Waals surface area contributed by atoms with Crippen LogP contribution < -0.4 is 10.0 Å². The number of halogens is 2. The Labute approximate surface area is 161 Å². The Hall–Kier alpha value is -1.97. The predicted molar refractivity (Wildman–Crippen MR) is 102 cm³/mol. The molecule has 1 atom stereocenters. The Balaban J connectivity index is 2.02. The molecule has 1 amide bonds. The second kappa shape index (κ2) is 8.81. The molecule has 0 aromatic heterocycles. The Morgan fingerprint density at radius 1 is 1.04 bits per heavy atom. The number of amides is 1. The molecule has 2 aromatic carbocycles. The van der Waals surface area contributed by atoms with Gasteiger partial charge in [0.25, 0.3) is 0 Å². The molecule has 0 radical (unpaired) electrons. The fraction of sp³-hybridized carbons (Fsp3) is 0.278. The zero-order valence-corrected chi connectivity index (χ0v) is 16.6. The lowest BCUT2D eigenvalue weighted by Crippen LogP contribution is -2.30. The molecule has 5 nitrogen and oxygen atoms in total. The minimum atomic E-state index is -3.61. The van der Waals surface area contributed by atoms with Gasteiger partial charge in [-0.2, -0.15) is 0 Å². The number of hydrogen-bond donors (Lipinski definition) is 2. The highest BCUT2D eigenvalue weighted by Crippen LogP contribution is 2.27. The van der Waals surface area contributed by atoms with E-state index in [1.54, 1.807) is 20.8 Å². The maximum Gasteiger partial charge on any atom is 0.240 e. The van der Waals surface area contributed by atoms with Crippen LogP contribution in [-0.2, 0) is 14.8 Å². The van der Waals surface area contributed by atoms with Crippen LogP contribution in [0.25, 0.3) is 0 Å². The highest BCUT2D eigenvalue weighted by Gasteiger charge is 2.18. The summed E-state index contributed by atoms with van der Waals surface area (Å²) in [6, 6.07) is 8.65. The van der Waals surface area contributed by atoms with E-state index in [-0.39, 0.29) is 21.7 Å². The van der Waals surface area contributed by atoms with Crippen LogP contribution in [0.4, 0.5) is 14.5 Å². The zero-order valence-electron chi connectivity index (χ0n) is 15.0. The lowest BCUT2D eigenvalue weighted by atomic mass is 10.3. The van der Waals surface area contributed by atoms with E-state index < -0.39 is 26.9 Å². The van der Waals surface area contributed by atoms with Gasteiger partial charge in [-0.15, -0.1) is 11.8 Å². The first-order valence-electron chi connectivity index (χ1n) is 8.13. The van der Waals surface area contributed by atoms with Crippen LogP contribution in [0.5, 0.6) is 0 Å². The first-order valence-corrected chi connectivity index (χ1v) is 10.5. The van der Waals surface area contributed by atoms with Gasteiger partial charge >= 0.3 is 0 Å². The minimum Gasteiger partial charge on any atom is -0.325 e. The van der Waals surface area contributed by atoms with Crippen LogP contribution in [0.1, 0.15) is 20.8 Å². The molecular weight excluding hydrogens is 394 g/mol. The number of thioether (sulfide) groups is 1. The Morgan fingerprint density at radius 2 is 1.67 bits per heavy atom. The summed E-state index contributed by atoms with van der Waals surface area (Å²) in [4.78, 5) is 12.5. The van der Waals surface area contributed by atoms with Crippen molar-refractivity contribution in [3.63, 3.8) is 0 Å². The summed E-state index contributed by atoms with van der Waals surface area (Å²) in [5.74, 6) is -1.80. The van der Waals surface area contributed by atoms with Gasteiger partial charge in [-0.3, -0.25) is 4.79 Å². The Morgan fingerprint density at radius 3 is 2.22 bits per heavy atom. The number of hydrogen-bond acceptors (Lipinski definition) is 4. The molecule has 0 saturated heterocycles. The number of carbonyl (C=O) groups excluding carboxylic acids is 1. The quantitative estimate of drug-likeness (QED) is 0.677. The van der Waals surface area contributed by atoms with Gasteiger partial charge in [0.05, 0.1) is 10.1 Å². The maximum absolute atomic E-state index is 13.7. The van der Waals surface area contributed by atoms with Crippen molar-refractivity contribution in [1.82, 2.24) is 4.72 Å². The van der Waals surface area contributed by atoms with Gasteiger partial charge in [0.15, 0.2) is 0 Å². The minimum absolute atomic E-state index is 0.0880. The van der Waals surface area contributed by atoms with Gasteiger partial charge in [-0.1, -0.05) is 0 Å². The van der Waals surface area contributed by atoms with Crippen molar-refractivity contribution < 1.29 is 22.0 Å². The van der Waals surface area contributed by atoms with E-state index in [1.165, 1.54) is 30.3 Å². The highest BCUT2D eigenvalue weighted by molar-refractivity contribution is 8.00. The molecule has 0 unspecified atom stereocenters. The Bertz CT molecular complexity index is 917. The molecule has 146 valence electrons. The van der Waals surface area contributed by atoms with Crippen molar-refractivity contribution in [2.75, 3.05) is 5.32 Å². The summed E-state index contributed by atoms with van der Waals surface area (Å²) in [5, 5.41) is 2.00. The second-order valence-corrected chi connectivity index (χ2v) is 9.22. The fourth-order valence-corrected chi connectivity index (χ4v) is 4.27. The maximum atomic E-state index is 13.7. The topological polar surface area (TPSA) is 75.3 Å². The lowest BCUT2D eigenvalue weighted by molar-refractivity contribution is -0.115. The van der Waals surface area contributed by atoms with Crippen molar-refractivity contribution in [2.24, 2.45) is 0 Å². The number of carbonyl (C=O) groups is 1. The molecule has 27 heavy (non-hydrogen) atoms. The second-order valence-electron chi connectivity index (χ2n) is 6.12. The smallest absolute Gasteiger partial charge is 0.240 e. The van der Waals surface area contributed by atoms with Crippen LogP contribution in [0.2, 0.25) is 0 Å². The van der Waals surface area contributed by atoms with E-state index in [4.69, 9.17) is 0 Å². The summed E-state index contributed by atoms with van der Waals surface area (Å²) < 4.78 is 53.3. The first kappa shape index (κ1) is 21.3. The molecule has 9 heteroatoms. The van der Waals surface area contributed by atoms with Crippen LogP contribution in [0.3, 0.4) is 0 Å². The number of rotatable bonds is 7. The molecule has 2 N–H and O–H groups in total. The van der Waals surface area contributed by atoms with E-state index in [9.17, 15) is 22.0 Å². The van der Waals surface area contributed by atoms with Crippen molar-refractivity contribution in [2.45, 2.75) is 41.9 Å². The third kappa shape index (κ3) is 6.02.